The van der Waals surface area contributed by atoms with Gasteiger partial charge in [0.1, 0.15) is 5.00 Å². The van der Waals surface area contributed by atoms with Gasteiger partial charge >= 0.3 is 0 Å². The van der Waals surface area contributed by atoms with Gasteiger partial charge < -0.3 is 5.73 Å². The molecule has 4 heteroatoms. The lowest BCUT2D eigenvalue weighted by Gasteiger charge is -1.90. The molecule has 0 fully saturated rings. The summed E-state index contributed by atoms with van der Waals surface area (Å²) in [4.78, 5) is 4.06. The highest BCUT2D eigenvalue weighted by atomic mass is 35.5. The SMILES string of the molecule is CCCc1nc(Cl)sc1N. The third kappa shape index (κ3) is 1.61. The van der Waals surface area contributed by atoms with Crippen molar-refractivity contribution in [2.75, 3.05) is 5.73 Å². The minimum atomic E-state index is 0.543. The van der Waals surface area contributed by atoms with Gasteiger partial charge in [0.2, 0.25) is 0 Å². The number of aryl methyl sites for hydroxylation is 1. The van der Waals surface area contributed by atoms with Crippen molar-refractivity contribution in [1.82, 2.24) is 4.98 Å². The highest BCUT2D eigenvalue weighted by molar-refractivity contribution is 7.19. The lowest BCUT2D eigenvalue weighted by molar-refractivity contribution is 0.895. The predicted octanol–water partition coefficient (Wildman–Crippen LogP) is 2.33. The van der Waals surface area contributed by atoms with Crippen LogP contribution in [0.3, 0.4) is 0 Å². The fourth-order valence-corrected chi connectivity index (χ4v) is 1.70. The van der Waals surface area contributed by atoms with Gasteiger partial charge in [-0.15, -0.1) is 0 Å². The Bertz CT molecular complexity index is 222. The van der Waals surface area contributed by atoms with E-state index in [9.17, 15) is 0 Å². The van der Waals surface area contributed by atoms with Crippen molar-refractivity contribution < 1.29 is 0 Å². The number of nitrogens with zero attached hydrogens (tertiary/aromatic N) is 1. The molecule has 0 saturated heterocycles. The van der Waals surface area contributed by atoms with Crippen LogP contribution in [0.4, 0.5) is 5.00 Å². The molecular formula is C6H9ClN2S. The fourth-order valence-electron chi connectivity index (χ4n) is 0.750. The average Bonchev–Trinajstić information content (AvgIpc) is 2.13. The van der Waals surface area contributed by atoms with Crippen molar-refractivity contribution in [2.24, 2.45) is 0 Å². The van der Waals surface area contributed by atoms with E-state index in [-0.39, 0.29) is 0 Å². The smallest absolute Gasteiger partial charge is 0.185 e. The Morgan fingerprint density at radius 2 is 2.40 bits per heavy atom. The van der Waals surface area contributed by atoms with Crippen LogP contribution in [0.1, 0.15) is 19.0 Å². The molecule has 0 unspecified atom stereocenters. The van der Waals surface area contributed by atoms with E-state index in [2.05, 4.69) is 11.9 Å². The lowest BCUT2D eigenvalue weighted by atomic mass is 10.3. The summed E-state index contributed by atoms with van der Waals surface area (Å²) < 4.78 is 0.543. The minimum absolute atomic E-state index is 0.543. The van der Waals surface area contributed by atoms with Crippen LogP contribution in [0, 0.1) is 0 Å². The first-order valence-corrected chi connectivity index (χ1v) is 4.34. The minimum Gasteiger partial charge on any atom is -0.389 e. The summed E-state index contributed by atoms with van der Waals surface area (Å²) in [5.74, 6) is 0. The number of aromatic nitrogens is 1. The molecule has 0 aliphatic carbocycles. The second kappa shape index (κ2) is 3.21. The fraction of sp³-hybridized carbons (Fsp3) is 0.500. The number of hydrogen-bond donors (Lipinski definition) is 1. The number of halogens is 1. The quantitative estimate of drug-likeness (QED) is 0.752. The maximum atomic E-state index is 5.63. The highest BCUT2D eigenvalue weighted by Crippen LogP contribution is 2.25. The Morgan fingerprint density at radius 3 is 2.80 bits per heavy atom. The van der Waals surface area contributed by atoms with Crippen LogP contribution >= 0.6 is 22.9 Å². The zero-order valence-electron chi connectivity index (χ0n) is 5.72. The van der Waals surface area contributed by atoms with Gasteiger partial charge in [-0.05, 0) is 6.42 Å². The van der Waals surface area contributed by atoms with E-state index < -0.39 is 0 Å². The molecule has 1 aromatic heterocycles. The Labute approximate surface area is 69.0 Å². The largest absolute Gasteiger partial charge is 0.389 e. The van der Waals surface area contributed by atoms with Crippen molar-refractivity contribution in [3.8, 4) is 0 Å². The Morgan fingerprint density at radius 1 is 1.70 bits per heavy atom. The van der Waals surface area contributed by atoms with Gasteiger partial charge in [0.05, 0.1) is 5.69 Å². The van der Waals surface area contributed by atoms with E-state index in [1.54, 1.807) is 0 Å². The first-order chi connectivity index (χ1) is 4.74. The van der Waals surface area contributed by atoms with E-state index in [4.69, 9.17) is 17.3 Å². The highest BCUT2D eigenvalue weighted by Gasteiger charge is 2.04. The molecule has 0 bridgehead atoms. The molecule has 10 heavy (non-hydrogen) atoms. The first-order valence-electron chi connectivity index (χ1n) is 3.14. The summed E-state index contributed by atoms with van der Waals surface area (Å²) >= 11 is 6.97. The molecule has 0 aliphatic rings. The van der Waals surface area contributed by atoms with E-state index in [1.807, 2.05) is 0 Å². The number of anilines is 1. The molecule has 0 aromatic carbocycles. The molecule has 0 amide bonds. The van der Waals surface area contributed by atoms with Crippen molar-refractivity contribution >= 4 is 27.9 Å². The third-order valence-electron chi connectivity index (χ3n) is 1.19. The van der Waals surface area contributed by atoms with Gasteiger partial charge in [0, 0.05) is 0 Å². The molecule has 2 nitrogen and oxygen atoms in total. The Kier molecular flexibility index (Phi) is 2.51. The summed E-state index contributed by atoms with van der Waals surface area (Å²) in [7, 11) is 0. The molecule has 0 aliphatic heterocycles. The average molecular weight is 177 g/mol. The van der Waals surface area contributed by atoms with Crippen LogP contribution in [-0.2, 0) is 6.42 Å². The summed E-state index contributed by atoms with van der Waals surface area (Å²) in [5, 5.41) is 0.756. The second-order valence-electron chi connectivity index (χ2n) is 2.03. The zero-order valence-corrected chi connectivity index (χ0v) is 7.30. The van der Waals surface area contributed by atoms with Gasteiger partial charge in [0.25, 0.3) is 0 Å². The van der Waals surface area contributed by atoms with Crippen LogP contribution < -0.4 is 5.73 Å². The van der Waals surface area contributed by atoms with E-state index in [0.717, 1.165) is 23.5 Å². The summed E-state index contributed by atoms with van der Waals surface area (Å²) in [5.41, 5.74) is 6.54. The normalized spacial score (nSPS) is 10.2. The molecule has 0 spiro atoms. The third-order valence-corrected chi connectivity index (χ3v) is 2.22. The maximum absolute atomic E-state index is 5.63. The monoisotopic (exact) mass is 176 g/mol. The van der Waals surface area contributed by atoms with E-state index in [0.29, 0.717) is 4.47 Å². The standard InChI is InChI=1S/C6H9ClN2S/c1-2-3-4-5(8)10-6(7)9-4/h2-3,8H2,1H3. The van der Waals surface area contributed by atoms with Crippen molar-refractivity contribution in [1.29, 1.82) is 0 Å². The Balaban J connectivity index is 2.81. The molecule has 1 aromatic rings. The van der Waals surface area contributed by atoms with Gasteiger partial charge in [-0.1, -0.05) is 36.3 Å². The van der Waals surface area contributed by atoms with Gasteiger partial charge in [0.15, 0.2) is 4.47 Å². The van der Waals surface area contributed by atoms with E-state index >= 15 is 0 Å². The summed E-state index contributed by atoms with van der Waals surface area (Å²) in [6.45, 7) is 2.09. The maximum Gasteiger partial charge on any atom is 0.185 e. The van der Waals surface area contributed by atoms with E-state index in [1.165, 1.54) is 11.3 Å². The van der Waals surface area contributed by atoms with Gasteiger partial charge in [-0.25, -0.2) is 4.98 Å². The summed E-state index contributed by atoms with van der Waals surface area (Å²) in [6.07, 6.45) is 1.99. The summed E-state index contributed by atoms with van der Waals surface area (Å²) in [6, 6.07) is 0. The van der Waals surface area contributed by atoms with Crippen molar-refractivity contribution in [3.63, 3.8) is 0 Å². The molecule has 2 N–H and O–H groups in total. The molecule has 0 radical (unpaired) electrons. The predicted molar refractivity (Wildman–Crippen MR) is 45.5 cm³/mol. The number of rotatable bonds is 2. The van der Waals surface area contributed by atoms with Crippen LogP contribution in [0.5, 0.6) is 0 Å². The van der Waals surface area contributed by atoms with Crippen molar-refractivity contribution in [2.45, 2.75) is 19.8 Å². The number of hydrogen-bond acceptors (Lipinski definition) is 3. The topological polar surface area (TPSA) is 38.9 Å². The zero-order chi connectivity index (χ0) is 7.56. The van der Waals surface area contributed by atoms with Gasteiger partial charge in [-0.3, -0.25) is 0 Å². The molecular weight excluding hydrogens is 168 g/mol. The lowest BCUT2D eigenvalue weighted by Crippen LogP contribution is -1.89. The first kappa shape index (κ1) is 7.82. The Hall–Kier alpha value is -0.280. The molecule has 56 valence electrons. The second-order valence-corrected chi connectivity index (χ2v) is 3.64. The number of nitrogens with two attached hydrogens (primary N) is 1. The molecule has 0 atom stereocenters. The van der Waals surface area contributed by atoms with Crippen LogP contribution in [0.2, 0.25) is 4.47 Å². The number of thiazole rings is 1. The molecule has 1 heterocycles. The number of nitrogen functional groups attached to an aromatic ring is 1. The van der Waals surface area contributed by atoms with Gasteiger partial charge in [-0.2, -0.15) is 0 Å². The van der Waals surface area contributed by atoms with Crippen LogP contribution in [0.15, 0.2) is 0 Å². The van der Waals surface area contributed by atoms with Crippen LogP contribution in [-0.4, -0.2) is 4.98 Å². The molecule has 1 rings (SSSR count). The molecule has 0 saturated carbocycles. The van der Waals surface area contributed by atoms with Crippen molar-refractivity contribution in [3.05, 3.63) is 10.2 Å². The van der Waals surface area contributed by atoms with Crippen LogP contribution in [0.25, 0.3) is 0 Å².